The van der Waals surface area contributed by atoms with Gasteiger partial charge in [-0.3, -0.25) is 0 Å². The molecule has 0 aliphatic heterocycles. The lowest BCUT2D eigenvalue weighted by Crippen LogP contribution is -2.34. The summed E-state index contributed by atoms with van der Waals surface area (Å²) in [7, 11) is 0. The maximum Gasteiger partial charge on any atom is -0.0274 e. The zero-order valence-corrected chi connectivity index (χ0v) is 9.31. The Morgan fingerprint density at radius 3 is 2.23 bits per heavy atom. The van der Waals surface area contributed by atoms with Crippen molar-refractivity contribution in [2.24, 2.45) is 17.3 Å². The van der Waals surface area contributed by atoms with Crippen LogP contribution in [-0.2, 0) is 0 Å². The minimum Gasteiger partial charge on any atom is -0.0622 e. The highest BCUT2D eigenvalue weighted by atomic mass is 14.4. The SMILES string of the molecule is CC(C)C12CCCCC(CC1)CC2. The molecule has 0 unspecified atom stereocenters. The summed E-state index contributed by atoms with van der Waals surface area (Å²) in [6, 6.07) is 0. The molecule has 3 rings (SSSR count). The van der Waals surface area contributed by atoms with E-state index >= 15 is 0 Å². The first-order valence-electron chi connectivity index (χ1n) is 6.23. The zero-order chi connectivity index (χ0) is 9.31. The molecule has 13 heavy (non-hydrogen) atoms. The van der Waals surface area contributed by atoms with Gasteiger partial charge in [0.05, 0.1) is 0 Å². The molecule has 3 aliphatic rings. The molecule has 3 fully saturated rings. The number of hydrogen-bond acceptors (Lipinski definition) is 0. The molecule has 3 aliphatic carbocycles. The van der Waals surface area contributed by atoms with Gasteiger partial charge in [-0.05, 0) is 49.4 Å². The van der Waals surface area contributed by atoms with Crippen LogP contribution in [0.2, 0.25) is 0 Å². The van der Waals surface area contributed by atoms with Crippen molar-refractivity contribution in [2.75, 3.05) is 0 Å². The van der Waals surface area contributed by atoms with Crippen LogP contribution in [-0.4, -0.2) is 0 Å². The monoisotopic (exact) mass is 180 g/mol. The summed E-state index contributed by atoms with van der Waals surface area (Å²) in [6.45, 7) is 4.89. The Hall–Kier alpha value is 0. The summed E-state index contributed by atoms with van der Waals surface area (Å²) >= 11 is 0. The van der Waals surface area contributed by atoms with E-state index in [9.17, 15) is 0 Å². The minimum absolute atomic E-state index is 0.761. The predicted molar refractivity (Wildman–Crippen MR) is 57.7 cm³/mol. The molecular weight excluding hydrogens is 156 g/mol. The Kier molecular flexibility index (Phi) is 2.67. The van der Waals surface area contributed by atoms with Gasteiger partial charge < -0.3 is 0 Å². The topological polar surface area (TPSA) is 0 Å². The molecule has 76 valence electrons. The van der Waals surface area contributed by atoms with Crippen LogP contribution in [0, 0.1) is 17.3 Å². The van der Waals surface area contributed by atoms with Gasteiger partial charge in [0.15, 0.2) is 0 Å². The zero-order valence-electron chi connectivity index (χ0n) is 9.31. The largest absolute Gasteiger partial charge is 0.0622 e. The van der Waals surface area contributed by atoms with Crippen LogP contribution < -0.4 is 0 Å². The van der Waals surface area contributed by atoms with Gasteiger partial charge in [-0.15, -0.1) is 0 Å². The fourth-order valence-corrected chi connectivity index (χ4v) is 3.57. The van der Waals surface area contributed by atoms with Crippen LogP contribution in [0.25, 0.3) is 0 Å². The molecule has 0 aromatic rings. The quantitative estimate of drug-likeness (QED) is 0.561. The molecule has 0 radical (unpaired) electrons. The van der Waals surface area contributed by atoms with Gasteiger partial charge in [-0.25, -0.2) is 0 Å². The van der Waals surface area contributed by atoms with Gasteiger partial charge in [-0.1, -0.05) is 33.1 Å². The van der Waals surface area contributed by atoms with E-state index in [4.69, 9.17) is 0 Å². The standard InChI is InChI=1S/C13H24/c1-11(2)13-8-4-3-5-12(6-9-13)7-10-13/h11-12H,3-10H2,1-2H3. The van der Waals surface area contributed by atoms with E-state index in [1.54, 1.807) is 0 Å². The highest BCUT2D eigenvalue weighted by Crippen LogP contribution is 2.50. The van der Waals surface area contributed by atoms with Crippen LogP contribution in [0.3, 0.4) is 0 Å². The molecule has 0 heterocycles. The molecule has 0 spiro atoms. The molecule has 0 N–H and O–H groups in total. The third kappa shape index (κ3) is 1.78. The second kappa shape index (κ2) is 3.63. The summed E-state index contributed by atoms with van der Waals surface area (Å²) in [4.78, 5) is 0. The third-order valence-electron chi connectivity index (χ3n) is 4.86. The normalized spacial score (nSPS) is 40.4. The fourth-order valence-electron chi connectivity index (χ4n) is 3.57. The molecular formula is C13H24. The Morgan fingerprint density at radius 1 is 0.923 bits per heavy atom. The second-order valence-corrected chi connectivity index (χ2v) is 5.71. The number of hydrogen-bond donors (Lipinski definition) is 0. The Labute approximate surface area is 83.1 Å². The average Bonchev–Trinajstić information content (AvgIpc) is 2.05. The van der Waals surface area contributed by atoms with Gasteiger partial charge in [0, 0.05) is 0 Å². The number of rotatable bonds is 1. The van der Waals surface area contributed by atoms with Crippen molar-refractivity contribution in [3.63, 3.8) is 0 Å². The molecule has 0 atom stereocenters. The van der Waals surface area contributed by atoms with Crippen LogP contribution in [0.5, 0.6) is 0 Å². The van der Waals surface area contributed by atoms with E-state index in [1.165, 1.54) is 51.4 Å². The first-order valence-corrected chi connectivity index (χ1v) is 6.23. The van der Waals surface area contributed by atoms with Crippen molar-refractivity contribution >= 4 is 0 Å². The van der Waals surface area contributed by atoms with Gasteiger partial charge in [0.1, 0.15) is 0 Å². The molecule has 0 amide bonds. The van der Waals surface area contributed by atoms with Gasteiger partial charge in [0.2, 0.25) is 0 Å². The second-order valence-electron chi connectivity index (χ2n) is 5.71. The minimum atomic E-state index is 0.761. The first kappa shape index (κ1) is 9.55. The number of fused-ring (bicyclic) bond motifs is 5. The van der Waals surface area contributed by atoms with Gasteiger partial charge in [0.25, 0.3) is 0 Å². The maximum absolute atomic E-state index is 2.45. The average molecular weight is 180 g/mol. The molecule has 0 nitrogen and oxygen atoms in total. The highest BCUT2D eigenvalue weighted by Gasteiger charge is 2.38. The summed E-state index contributed by atoms with van der Waals surface area (Å²) in [5, 5.41) is 0. The van der Waals surface area contributed by atoms with Crippen molar-refractivity contribution in [1.29, 1.82) is 0 Å². The van der Waals surface area contributed by atoms with E-state index in [-0.39, 0.29) is 0 Å². The fraction of sp³-hybridized carbons (Fsp3) is 1.00. The molecule has 0 aromatic heterocycles. The van der Waals surface area contributed by atoms with Crippen LogP contribution in [0.1, 0.15) is 65.2 Å². The van der Waals surface area contributed by atoms with Crippen molar-refractivity contribution in [3.05, 3.63) is 0 Å². The molecule has 0 heteroatoms. The predicted octanol–water partition coefficient (Wildman–Crippen LogP) is 4.39. The maximum atomic E-state index is 2.45. The van der Waals surface area contributed by atoms with Gasteiger partial charge in [-0.2, -0.15) is 0 Å². The van der Waals surface area contributed by atoms with E-state index < -0.39 is 0 Å². The summed E-state index contributed by atoms with van der Waals surface area (Å²) in [5.41, 5.74) is 0.761. The Balaban J connectivity index is 2.09. The molecule has 0 saturated heterocycles. The smallest absolute Gasteiger partial charge is 0.0274 e. The Morgan fingerprint density at radius 2 is 1.62 bits per heavy atom. The molecule has 0 aromatic carbocycles. The van der Waals surface area contributed by atoms with Crippen molar-refractivity contribution in [2.45, 2.75) is 65.2 Å². The molecule has 2 bridgehead atoms. The van der Waals surface area contributed by atoms with Crippen LogP contribution in [0.4, 0.5) is 0 Å². The van der Waals surface area contributed by atoms with E-state index in [2.05, 4.69) is 13.8 Å². The van der Waals surface area contributed by atoms with Crippen LogP contribution in [0.15, 0.2) is 0 Å². The van der Waals surface area contributed by atoms with E-state index in [1.807, 2.05) is 0 Å². The van der Waals surface area contributed by atoms with E-state index in [0.717, 1.165) is 17.3 Å². The van der Waals surface area contributed by atoms with E-state index in [0.29, 0.717) is 0 Å². The summed E-state index contributed by atoms with van der Waals surface area (Å²) in [6.07, 6.45) is 12.2. The summed E-state index contributed by atoms with van der Waals surface area (Å²) in [5.74, 6) is 2.03. The Bertz CT molecular complexity index is 155. The molecule has 3 saturated carbocycles. The van der Waals surface area contributed by atoms with Crippen molar-refractivity contribution in [1.82, 2.24) is 0 Å². The lowest BCUT2D eigenvalue weighted by atomic mass is 9.60. The van der Waals surface area contributed by atoms with Gasteiger partial charge >= 0.3 is 0 Å². The van der Waals surface area contributed by atoms with Crippen molar-refractivity contribution in [3.8, 4) is 0 Å². The first-order chi connectivity index (χ1) is 6.23. The van der Waals surface area contributed by atoms with Crippen LogP contribution >= 0.6 is 0 Å². The lowest BCUT2D eigenvalue weighted by molar-refractivity contribution is 0.0585. The van der Waals surface area contributed by atoms with Crippen molar-refractivity contribution < 1.29 is 0 Å². The highest BCUT2D eigenvalue weighted by molar-refractivity contribution is 4.89. The summed E-state index contributed by atoms with van der Waals surface area (Å²) < 4.78 is 0. The lowest BCUT2D eigenvalue weighted by Gasteiger charge is -2.45. The third-order valence-corrected chi connectivity index (χ3v) is 4.86.